The maximum absolute atomic E-state index is 13.1. The Morgan fingerprint density at radius 1 is 1.10 bits per heavy atom. The summed E-state index contributed by atoms with van der Waals surface area (Å²) >= 11 is 1.11. The Hall–Kier alpha value is -3.04. The second kappa shape index (κ2) is 7.66. The van der Waals surface area contributed by atoms with Crippen LogP contribution in [0.25, 0.3) is 0 Å². The number of fused-ring (bicyclic) bond motifs is 1. The SMILES string of the molecule is CC(=O)c1sc(NC(=O)c2ccc(S(=O)(=O)N3CCc4ccccc43)cc2)nc1C. The molecular weight excluding hydrogens is 422 g/mol. The van der Waals surface area contributed by atoms with E-state index in [2.05, 4.69) is 10.3 Å². The Labute approximate surface area is 178 Å². The Bertz CT molecular complexity index is 1250. The molecular formula is C21H19N3O4S2. The average Bonchev–Trinajstić information content (AvgIpc) is 3.32. The molecule has 0 saturated heterocycles. The van der Waals surface area contributed by atoms with Crippen molar-refractivity contribution in [1.29, 1.82) is 0 Å². The van der Waals surface area contributed by atoms with Crippen LogP contribution >= 0.6 is 11.3 Å². The number of hydrogen-bond donors (Lipinski definition) is 1. The lowest BCUT2D eigenvalue weighted by Crippen LogP contribution is -2.29. The van der Waals surface area contributed by atoms with Crippen molar-refractivity contribution >= 4 is 43.9 Å². The fourth-order valence-electron chi connectivity index (χ4n) is 3.41. The van der Waals surface area contributed by atoms with E-state index in [9.17, 15) is 18.0 Å². The summed E-state index contributed by atoms with van der Waals surface area (Å²) in [7, 11) is -3.71. The number of Topliss-reactive ketones (excluding diaryl/α,β-unsaturated/α-hetero) is 1. The highest BCUT2D eigenvalue weighted by atomic mass is 32.2. The number of sulfonamides is 1. The van der Waals surface area contributed by atoms with Crippen LogP contribution in [-0.2, 0) is 16.4 Å². The molecule has 1 amide bonds. The van der Waals surface area contributed by atoms with E-state index in [-0.39, 0.29) is 10.7 Å². The van der Waals surface area contributed by atoms with Crippen molar-refractivity contribution in [2.75, 3.05) is 16.2 Å². The molecule has 3 aromatic rings. The van der Waals surface area contributed by atoms with Gasteiger partial charge in [-0.25, -0.2) is 13.4 Å². The zero-order valence-electron chi connectivity index (χ0n) is 16.4. The fourth-order valence-corrected chi connectivity index (χ4v) is 5.77. The quantitative estimate of drug-likeness (QED) is 0.610. The number of carbonyl (C=O) groups is 2. The first kappa shape index (κ1) is 20.2. The van der Waals surface area contributed by atoms with Crippen molar-refractivity contribution in [3.05, 3.63) is 70.2 Å². The Kier molecular flexibility index (Phi) is 5.17. The van der Waals surface area contributed by atoms with Crippen molar-refractivity contribution < 1.29 is 18.0 Å². The zero-order chi connectivity index (χ0) is 21.5. The minimum atomic E-state index is -3.71. The van der Waals surface area contributed by atoms with Gasteiger partial charge in [-0.3, -0.25) is 19.2 Å². The molecule has 4 rings (SSSR count). The molecule has 0 unspecified atom stereocenters. The van der Waals surface area contributed by atoms with Gasteiger partial charge in [-0.2, -0.15) is 0 Å². The molecule has 1 aromatic heterocycles. The van der Waals surface area contributed by atoms with Crippen molar-refractivity contribution in [2.45, 2.75) is 25.2 Å². The maximum Gasteiger partial charge on any atom is 0.264 e. The molecule has 154 valence electrons. The van der Waals surface area contributed by atoms with Crippen molar-refractivity contribution in [3.8, 4) is 0 Å². The number of carbonyl (C=O) groups excluding carboxylic acids is 2. The fraction of sp³-hybridized carbons (Fsp3) is 0.190. The van der Waals surface area contributed by atoms with E-state index >= 15 is 0 Å². The highest BCUT2D eigenvalue weighted by Crippen LogP contribution is 2.32. The average molecular weight is 442 g/mol. The van der Waals surface area contributed by atoms with E-state index in [4.69, 9.17) is 0 Å². The molecule has 0 radical (unpaired) electrons. The van der Waals surface area contributed by atoms with Crippen molar-refractivity contribution in [2.24, 2.45) is 0 Å². The first-order valence-corrected chi connectivity index (χ1v) is 11.5. The number of rotatable bonds is 5. The summed E-state index contributed by atoms with van der Waals surface area (Å²) in [4.78, 5) is 28.9. The predicted molar refractivity (Wildman–Crippen MR) is 116 cm³/mol. The topological polar surface area (TPSA) is 96.4 Å². The van der Waals surface area contributed by atoms with Gasteiger partial charge in [0.25, 0.3) is 15.9 Å². The van der Waals surface area contributed by atoms with Crippen LogP contribution in [-0.4, -0.2) is 31.6 Å². The predicted octanol–water partition coefficient (Wildman–Crippen LogP) is 3.66. The normalized spacial score (nSPS) is 13.2. The minimum absolute atomic E-state index is 0.108. The van der Waals surface area contributed by atoms with Gasteiger partial charge in [0.15, 0.2) is 10.9 Å². The number of ketones is 1. The Morgan fingerprint density at radius 2 is 1.80 bits per heavy atom. The highest BCUT2D eigenvalue weighted by Gasteiger charge is 2.30. The Morgan fingerprint density at radius 3 is 2.47 bits per heavy atom. The van der Waals surface area contributed by atoms with Crippen LogP contribution in [0.15, 0.2) is 53.4 Å². The highest BCUT2D eigenvalue weighted by molar-refractivity contribution is 7.92. The van der Waals surface area contributed by atoms with E-state index in [1.807, 2.05) is 18.2 Å². The van der Waals surface area contributed by atoms with Gasteiger partial charge >= 0.3 is 0 Å². The second-order valence-electron chi connectivity index (χ2n) is 6.92. The third kappa shape index (κ3) is 3.61. The van der Waals surface area contributed by atoms with Crippen LogP contribution in [0.3, 0.4) is 0 Å². The summed E-state index contributed by atoms with van der Waals surface area (Å²) < 4.78 is 27.5. The first-order chi connectivity index (χ1) is 14.3. The molecule has 1 N–H and O–H groups in total. The number of hydrogen-bond acceptors (Lipinski definition) is 6. The summed E-state index contributed by atoms with van der Waals surface area (Å²) in [6, 6.07) is 13.2. The van der Waals surface area contributed by atoms with Gasteiger partial charge in [0.05, 0.1) is 21.2 Å². The molecule has 0 saturated carbocycles. The van der Waals surface area contributed by atoms with Gasteiger partial charge in [-0.1, -0.05) is 29.5 Å². The van der Waals surface area contributed by atoms with Gasteiger partial charge in [-0.15, -0.1) is 0 Å². The molecule has 1 aliphatic heterocycles. The summed E-state index contributed by atoms with van der Waals surface area (Å²) in [5, 5.41) is 2.98. The number of benzene rings is 2. The van der Waals surface area contributed by atoms with Gasteiger partial charge in [0.2, 0.25) is 0 Å². The molecule has 2 aromatic carbocycles. The number of nitrogens with zero attached hydrogens (tertiary/aromatic N) is 2. The van der Waals surface area contributed by atoms with Crippen LogP contribution in [0, 0.1) is 6.92 Å². The van der Waals surface area contributed by atoms with E-state index in [0.717, 1.165) is 16.9 Å². The van der Waals surface area contributed by atoms with E-state index < -0.39 is 15.9 Å². The zero-order valence-corrected chi connectivity index (χ0v) is 18.0. The number of aromatic nitrogens is 1. The Balaban J connectivity index is 1.53. The third-order valence-electron chi connectivity index (χ3n) is 4.89. The molecule has 0 spiro atoms. The van der Waals surface area contributed by atoms with E-state index in [0.29, 0.717) is 39.9 Å². The van der Waals surface area contributed by atoms with E-state index in [1.54, 1.807) is 13.0 Å². The monoisotopic (exact) mass is 441 g/mol. The number of nitrogens with one attached hydrogen (secondary N) is 1. The summed E-state index contributed by atoms with van der Waals surface area (Å²) in [5.41, 5.74) is 2.56. The standard InChI is InChI=1S/C21H19N3O4S2/c1-13-19(14(2)25)29-21(22-13)23-20(26)16-7-9-17(10-8-16)30(27,28)24-12-11-15-5-3-4-6-18(15)24/h3-10H,11-12H2,1-2H3,(H,22,23,26). The van der Waals surface area contributed by atoms with Gasteiger partial charge < -0.3 is 0 Å². The minimum Gasteiger partial charge on any atom is -0.298 e. The van der Waals surface area contributed by atoms with Crippen molar-refractivity contribution in [1.82, 2.24) is 4.98 Å². The molecule has 9 heteroatoms. The first-order valence-electron chi connectivity index (χ1n) is 9.28. The van der Waals surface area contributed by atoms with Gasteiger partial charge in [0, 0.05) is 19.0 Å². The molecule has 2 heterocycles. The number of aryl methyl sites for hydroxylation is 1. The molecule has 0 atom stereocenters. The summed E-state index contributed by atoms with van der Waals surface area (Å²) in [5.74, 6) is -0.530. The second-order valence-corrected chi connectivity index (χ2v) is 9.79. The van der Waals surface area contributed by atoms with Crippen LogP contribution in [0.1, 0.15) is 38.2 Å². The molecule has 0 fully saturated rings. The molecule has 0 bridgehead atoms. The van der Waals surface area contributed by atoms with E-state index in [1.165, 1.54) is 35.5 Å². The lowest BCUT2D eigenvalue weighted by molar-refractivity contribution is 0.101. The van der Waals surface area contributed by atoms with Crippen LogP contribution in [0.4, 0.5) is 10.8 Å². The smallest absolute Gasteiger partial charge is 0.264 e. The molecule has 0 aliphatic carbocycles. The maximum atomic E-state index is 13.1. The van der Waals surface area contributed by atoms with Gasteiger partial charge in [0.1, 0.15) is 0 Å². The van der Waals surface area contributed by atoms with Crippen molar-refractivity contribution in [3.63, 3.8) is 0 Å². The van der Waals surface area contributed by atoms with Crippen LogP contribution in [0.2, 0.25) is 0 Å². The summed E-state index contributed by atoms with van der Waals surface area (Å²) in [6.07, 6.45) is 0.672. The molecule has 7 nitrogen and oxygen atoms in total. The molecule has 1 aliphatic rings. The number of para-hydroxylation sites is 1. The van der Waals surface area contributed by atoms with Crippen LogP contribution in [0.5, 0.6) is 0 Å². The lowest BCUT2D eigenvalue weighted by atomic mass is 10.2. The summed E-state index contributed by atoms with van der Waals surface area (Å²) in [6.45, 7) is 3.55. The largest absolute Gasteiger partial charge is 0.298 e. The number of anilines is 2. The number of amides is 1. The van der Waals surface area contributed by atoms with Crippen LogP contribution < -0.4 is 9.62 Å². The molecule has 30 heavy (non-hydrogen) atoms. The number of thiazole rings is 1. The third-order valence-corrected chi connectivity index (χ3v) is 7.89. The van der Waals surface area contributed by atoms with Gasteiger partial charge in [-0.05, 0) is 49.2 Å². The lowest BCUT2D eigenvalue weighted by Gasteiger charge is -2.19.